The molecule has 7 heteroatoms. The van der Waals surface area contributed by atoms with Crippen LogP contribution in [0.3, 0.4) is 0 Å². The maximum atomic E-state index is 5.48. The van der Waals surface area contributed by atoms with Gasteiger partial charge in [-0.25, -0.2) is 0 Å². The van der Waals surface area contributed by atoms with E-state index in [1.165, 1.54) is 5.56 Å². The van der Waals surface area contributed by atoms with Gasteiger partial charge in [0.2, 0.25) is 11.7 Å². The molecule has 0 unspecified atom stereocenters. The maximum absolute atomic E-state index is 5.48. The van der Waals surface area contributed by atoms with E-state index < -0.39 is 0 Å². The van der Waals surface area contributed by atoms with Crippen LogP contribution in [0.25, 0.3) is 11.4 Å². The normalized spacial score (nSPS) is 15.3. The highest BCUT2D eigenvalue weighted by Gasteiger charge is 2.19. The van der Waals surface area contributed by atoms with Crippen LogP contribution in [0.2, 0.25) is 0 Å². The van der Waals surface area contributed by atoms with Crippen molar-refractivity contribution in [1.82, 2.24) is 19.9 Å². The summed E-state index contributed by atoms with van der Waals surface area (Å²) in [5, 5.41) is 4.14. The quantitative estimate of drug-likeness (QED) is 0.566. The lowest BCUT2D eigenvalue weighted by Gasteiger charge is -2.33. The molecule has 2 heterocycles. The van der Waals surface area contributed by atoms with Crippen LogP contribution in [-0.2, 0) is 13.1 Å². The van der Waals surface area contributed by atoms with Crippen molar-refractivity contribution in [3.8, 4) is 22.9 Å². The Morgan fingerprint density at radius 1 is 0.867 bits per heavy atom. The first-order valence-electron chi connectivity index (χ1n) is 10.4. The van der Waals surface area contributed by atoms with Crippen molar-refractivity contribution in [2.75, 3.05) is 39.9 Å². The van der Waals surface area contributed by atoms with Crippen LogP contribution in [0.15, 0.2) is 53.1 Å². The molecule has 0 atom stereocenters. The molecule has 0 bridgehead atoms. The fraction of sp³-hybridized carbons (Fsp3) is 0.391. The highest BCUT2D eigenvalue weighted by atomic mass is 16.5. The van der Waals surface area contributed by atoms with Crippen LogP contribution in [-0.4, -0.2) is 59.8 Å². The largest absolute Gasteiger partial charge is 0.497 e. The molecule has 1 saturated heterocycles. The van der Waals surface area contributed by atoms with Crippen molar-refractivity contribution in [3.63, 3.8) is 0 Å². The zero-order valence-electron chi connectivity index (χ0n) is 17.6. The van der Waals surface area contributed by atoms with Gasteiger partial charge in [-0.3, -0.25) is 9.80 Å². The molecule has 1 aliphatic rings. The van der Waals surface area contributed by atoms with Crippen LogP contribution >= 0.6 is 0 Å². The van der Waals surface area contributed by atoms with E-state index in [1.54, 1.807) is 7.11 Å². The van der Waals surface area contributed by atoms with Gasteiger partial charge in [0.25, 0.3) is 0 Å². The molecule has 0 spiro atoms. The van der Waals surface area contributed by atoms with Gasteiger partial charge in [0.1, 0.15) is 11.5 Å². The number of rotatable bonds is 8. The number of piperazine rings is 1. The highest BCUT2D eigenvalue weighted by Crippen LogP contribution is 2.21. The lowest BCUT2D eigenvalue weighted by molar-refractivity contribution is 0.112. The van der Waals surface area contributed by atoms with E-state index in [-0.39, 0.29) is 0 Å². The molecule has 158 valence electrons. The van der Waals surface area contributed by atoms with Gasteiger partial charge in [0.05, 0.1) is 20.3 Å². The van der Waals surface area contributed by atoms with E-state index in [1.807, 2.05) is 43.3 Å². The first-order valence-corrected chi connectivity index (χ1v) is 10.4. The Bertz CT molecular complexity index is 916. The summed E-state index contributed by atoms with van der Waals surface area (Å²) in [6.45, 7) is 8.27. The molecule has 0 radical (unpaired) electrons. The molecule has 0 saturated carbocycles. The third kappa shape index (κ3) is 5.17. The maximum Gasteiger partial charge on any atom is 0.241 e. The fourth-order valence-corrected chi connectivity index (χ4v) is 3.59. The summed E-state index contributed by atoms with van der Waals surface area (Å²) < 4.78 is 16.2. The van der Waals surface area contributed by atoms with Gasteiger partial charge in [-0.15, -0.1) is 0 Å². The van der Waals surface area contributed by atoms with Crippen LogP contribution < -0.4 is 9.47 Å². The van der Waals surface area contributed by atoms with Gasteiger partial charge in [-0.05, 0) is 48.9 Å². The fourth-order valence-electron chi connectivity index (χ4n) is 3.59. The number of aromatic nitrogens is 2. The Kier molecular flexibility index (Phi) is 6.61. The Morgan fingerprint density at radius 3 is 2.13 bits per heavy atom. The van der Waals surface area contributed by atoms with Crippen LogP contribution in [0.1, 0.15) is 18.4 Å². The van der Waals surface area contributed by atoms with Crippen molar-refractivity contribution < 1.29 is 14.0 Å². The summed E-state index contributed by atoms with van der Waals surface area (Å²) in [5.41, 5.74) is 2.24. The number of benzene rings is 2. The first kappa shape index (κ1) is 20.4. The van der Waals surface area contributed by atoms with Gasteiger partial charge in [-0.1, -0.05) is 17.3 Å². The van der Waals surface area contributed by atoms with Crippen molar-refractivity contribution in [2.45, 2.75) is 20.0 Å². The monoisotopic (exact) mass is 408 g/mol. The second-order valence-electron chi connectivity index (χ2n) is 7.37. The predicted molar refractivity (Wildman–Crippen MR) is 114 cm³/mol. The third-order valence-corrected chi connectivity index (χ3v) is 5.28. The number of hydrogen-bond donors (Lipinski definition) is 0. The zero-order valence-corrected chi connectivity index (χ0v) is 17.6. The molecule has 1 fully saturated rings. The van der Waals surface area contributed by atoms with Crippen molar-refractivity contribution in [1.29, 1.82) is 0 Å². The molecule has 3 aromatic rings. The van der Waals surface area contributed by atoms with Gasteiger partial charge in [0.15, 0.2) is 0 Å². The standard InChI is InChI=1S/C23H28N4O3/c1-3-29-21-10-6-19(7-11-21)23-24-22(30-25-23)17-27-14-12-26(13-15-27)16-18-4-8-20(28-2)9-5-18/h4-11H,3,12-17H2,1-2H3. The molecular weight excluding hydrogens is 380 g/mol. The van der Waals surface area contributed by atoms with E-state index in [0.29, 0.717) is 24.9 Å². The lowest BCUT2D eigenvalue weighted by Crippen LogP contribution is -2.45. The predicted octanol–water partition coefficient (Wildman–Crippen LogP) is 3.46. The van der Waals surface area contributed by atoms with Gasteiger partial charge >= 0.3 is 0 Å². The van der Waals surface area contributed by atoms with Gasteiger partial charge in [-0.2, -0.15) is 4.98 Å². The topological polar surface area (TPSA) is 63.9 Å². The molecule has 0 amide bonds. The Labute approximate surface area is 177 Å². The molecule has 1 aliphatic heterocycles. The van der Waals surface area contributed by atoms with E-state index in [0.717, 1.165) is 49.8 Å². The minimum absolute atomic E-state index is 0.617. The number of hydrogen-bond acceptors (Lipinski definition) is 7. The van der Waals surface area contributed by atoms with Crippen molar-refractivity contribution >= 4 is 0 Å². The summed E-state index contributed by atoms with van der Waals surface area (Å²) in [7, 11) is 1.69. The van der Waals surface area contributed by atoms with E-state index in [9.17, 15) is 0 Å². The van der Waals surface area contributed by atoms with E-state index in [2.05, 4.69) is 32.1 Å². The summed E-state index contributed by atoms with van der Waals surface area (Å²) in [4.78, 5) is 9.40. The molecular formula is C23H28N4O3. The zero-order chi connectivity index (χ0) is 20.8. The van der Waals surface area contributed by atoms with E-state index in [4.69, 9.17) is 14.0 Å². The smallest absolute Gasteiger partial charge is 0.241 e. The lowest BCUT2D eigenvalue weighted by atomic mass is 10.2. The van der Waals surface area contributed by atoms with E-state index >= 15 is 0 Å². The SMILES string of the molecule is CCOc1ccc(-c2noc(CN3CCN(Cc4ccc(OC)cc4)CC3)n2)cc1. The van der Waals surface area contributed by atoms with Gasteiger partial charge < -0.3 is 14.0 Å². The van der Waals surface area contributed by atoms with Crippen molar-refractivity contribution in [2.24, 2.45) is 0 Å². The minimum Gasteiger partial charge on any atom is -0.497 e. The summed E-state index contributed by atoms with van der Waals surface area (Å²) in [5.74, 6) is 3.01. The number of nitrogens with zero attached hydrogens (tertiary/aromatic N) is 4. The third-order valence-electron chi connectivity index (χ3n) is 5.28. The average Bonchev–Trinajstić information content (AvgIpc) is 3.25. The summed E-state index contributed by atoms with van der Waals surface area (Å²) in [6.07, 6.45) is 0. The molecule has 0 N–H and O–H groups in total. The highest BCUT2D eigenvalue weighted by molar-refractivity contribution is 5.55. The van der Waals surface area contributed by atoms with Gasteiger partial charge in [0, 0.05) is 38.3 Å². The Hall–Kier alpha value is -2.90. The Balaban J connectivity index is 1.27. The van der Waals surface area contributed by atoms with Crippen LogP contribution in [0.5, 0.6) is 11.5 Å². The molecule has 2 aromatic carbocycles. The molecule has 1 aromatic heterocycles. The van der Waals surface area contributed by atoms with Crippen LogP contribution in [0, 0.1) is 0 Å². The van der Waals surface area contributed by atoms with Crippen LogP contribution in [0.4, 0.5) is 0 Å². The molecule has 7 nitrogen and oxygen atoms in total. The molecule has 0 aliphatic carbocycles. The molecule has 4 rings (SSSR count). The van der Waals surface area contributed by atoms with Crippen molar-refractivity contribution in [3.05, 3.63) is 60.0 Å². The summed E-state index contributed by atoms with van der Waals surface area (Å²) in [6, 6.07) is 16.1. The second kappa shape index (κ2) is 9.73. The number of ether oxygens (including phenoxy) is 2. The first-order chi connectivity index (χ1) is 14.7. The minimum atomic E-state index is 0.617. The second-order valence-corrected chi connectivity index (χ2v) is 7.37. The summed E-state index contributed by atoms with van der Waals surface area (Å²) >= 11 is 0. The molecule has 30 heavy (non-hydrogen) atoms. The number of methoxy groups -OCH3 is 1. The Morgan fingerprint density at radius 2 is 1.50 bits per heavy atom. The average molecular weight is 409 g/mol.